The van der Waals surface area contributed by atoms with Crippen molar-refractivity contribution in [1.82, 2.24) is 0 Å². The van der Waals surface area contributed by atoms with Crippen LogP contribution in [0, 0.1) is 10.1 Å². The molecule has 10 nitrogen and oxygen atoms in total. The van der Waals surface area contributed by atoms with E-state index in [1.807, 2.05) is 30.3 Å². The lowest BCUT2D eigenvalue weighted by atomic mass is 10.00. The predicted octanol–water partition coefficient (Wildman–Crippen LogP) is 2.93. The fourth-order valence-electron chi connectivity index (χ4n) is 3.76. The van der Waals surface area contributed by atoms with Gasteiger partial charge in [0.25, 0.3) is 5.69 Å². The van der Waals surface area contributed by atoms with Crippen LogP contribution < -0.4 is 4.74 Å². The number of hydrogen-bond acceptors (Lipinski definition) is 10. The Labute approximate surface area is 216 Å². The summed E-state index contributed by atoms with van der Waals surface area (Å²) in [7, 11) is 0. The molecule has 0 aromatic heterocycles. The summed E-state index contributed by atoms with van der Waals surface area (Å²) in [4.78, 5) is 23.7. The van der Waals surface area contributed by atoms with Crippen molar-refractivity contribution >= 4 is 23.4 Å². The second-order valence-electron chi connectivity index (χ2n) is 8.22. The number of aliphatic hydroxyl groups is 3. The van der Waals surface area contributed by atoms with Crippen molar-refractivity contribution in [1.29, 1.82) is 0 Å². The monoisotopic (exact) mass is 527 g/mol. The smallest absolute Gasteiger partial charge is 0.344 e. The quantitative estimate of drug-likeness (QED) is 0.164. The van der Waals surface area contributed by atoms with Gasteiger partial charge in [-0.1, -0.05) is 54.2 Å². The number of aliphatic hydroxyl groups excluding tert-OH is 3. The zero-order valence-electron chi connectivity index (χ0n) is 19.5. The molecule has 3 aromatic carbocycles. The molecule has 0 amide bonds. The first-order valence-corrected chi connectivity index (χ1v) is 12.3. The van der Waals surface area contributed by atoms with Crippen LogP contribution in [0.5, 0.6) is 5.75 Å². The van der Waals surface area contributed by atoms with Gasteiger partial charge in [0.05, 0.1) is 23.7 Å². The van der Waals surface area contributed by atoms with Gasteiger partial charge in [0.2, 0.25) is 0 Å². The molecule has 3 N–H and O–H groups in total. The highest BCUT2D eigenvalue weighted by Crippen LogP contribution is 2.37. The SMILES string of the molecule is O=C(Oc1ccc([N+](=O)[O-])cc1)c1ccccc1S[C@@H]1O[C@H](CO)[C@@H](O)[C@H](O)[C@H]1OCc1ccccc1. The average Bonchev–Trinajstić information content (AvgIpc) is 2.91. The van der Waals surface area contributed by atoms with E-state index in [0.29, 0.717) is 4.90 Å². The number of nitrogens with zero attached hydrogens (tertiary/aromatic N) is 1. The maximum Gasteiger partial charge on any atom is 0.344 e. The van der Waals surface area contributed by atoms with Crippen molar-refractivity contribution in [3.8, 4) is 5.75 Å². The van der Waals surface area contributed by atoms with Crippen LogP contribution in [0.15, 0.2) is 83.8 Å². The van der Waals surface area contributed by atoms with Crippen molar-refractivity contribution in [2.24, 2.45) is 0 Å². The van der Waals surface area contributed by atoms with Crippen LogP contribution in [0.25, 0.3) is 0 Å². The van der Waals surface area contributed by atoms with Crippen molar-refractivity contribution in [2.75, 3.05) is 6.61 Å². The van der Waals surface area contributed by atoms with E-state index in [2.05, 4.69) is 0 Å². The molecule has 0 bridgehead atoms. The van der Waals surface area contributed by atoms with Gasteiger partial charge in [-0.05, 0) is 29.8 Å². The molecule has 4 rings (SSSR count). The molecule has 1 aliphatic heterocycles. The lowest BCUT2D eigenvalue weighted by molar-refractivity contribution is -0.384. The fourth-order valence-corrected chi connectivity index (χ4v) is 5.01. The molecule has 0 radical (unpaired) electrons. The standard InChI is InChI=1S/C26H25NO9S/c28-14-20-22(29)23(30)24(34-15-16-6-2-1-3-7-16)26(36-20)37-21-9-5-4-8-19(21)25(31)35-18-12-10-17(11-13-18)27(32)33/h1-13,20,22-24,26,28-30H,14-15H2/t20-,22-,23+,24-,26+/m1/s1. The van der Waals surface area contributed by atoms with Crippen LogP contribution in [-0.2, 0) is 16.1 Å². The van der Waals surface area contributed by atoms with E-state index < -0.39 is 47.4 Å². The molecule has 1 fully saturated rings. The molecule has 1 saturated heterocycles. The van der Waals surface area contributed by atoms with Gasteiger partial charge in [0.15, 0.2) is 0 Å². The molecule has 37 heavy (non-hydrogen) atoms. The summed E-state index contributed by atoms with van der Waals surface area (Å²) in [5.41, 5.74) is 0.0280. The highest BCUT2D eigenvalue weighted by molar-refractivity contribution is 8.00. The van der Waals surface area contributed by atoms with Gasteiger partial charge >= 0.3 is 5.97 Å². The third kappa shape index (κ3) is 6.52. The third-order valence-corrected chi connectivity index (χ3v) is 6.94. The Morgan fingerprint density at radius 3 is 2.32 bits per heavy atom. The van der Waals surface area contributed by atoms with Crippen LogP contribution >= 0.6 is 11.8 Å². The lowest BCUT2D eigenvalue weighted by Crippen LogP contribution is -2.58. The van der Waals surface area contributed by atoms with Crippen molar-refractivity contribution in [3.63, 3.8) is 0 Å². The number of ether oxygens (including phenoxy) is 3. The number of thioether (sulfide) groups is 1. The fraction of sp³-hybridized carbons (Fsp3) is 0.269. The Balaban J connectivity index is 1.53. The number of non-ortho nitro benzene ring substituents is 1. The van der Waals surface area contributed by atoms with Crippen LogP contribution in [0.1, 0.15) is 15.9 Å². The third-order valence-electron chi connectivity index (χ3n) is 5.72. The molecule has 0 spiro atoms. The van der Waals surface area contributed by atoms with Gasteiger partial charge < -0.3 is 29.5 Å². The molecular formula is C26H25NO9S. The van der Waals surface area contributed by atoms with Crippen molar-refractivity contribution < 1.29 is 39.2 Å². The summed E-state index contributed by atoms with van der Waals surface area (Å²) in [5, 5.41) is 41.7. The first-order valence-electron chi connectivity index (χ1n) is 11.4. The van der Waals surface area contributed by atoms with E-state index in [4.69, 9.17) is 14.2 Å². The zero-order chi connectivity index (χ0) is 26.4. The lowest BCUT2D eigenvalue weighted by Gasteiger charge is -2.42. The van der Waals surface area contributed by atoms with Gasteiger partial charge in [0.1, 0.15) is 35.6 Å². The normalized spacial score (nSPS) is 23.4. The molecule has 0 unspecified atom stereocenters. The van der Waals surface area contributed by atoms with Crippen LogP contribution in [0.4, 0.5) is 5.69 Å². The van der Waals surface area contributed by atoms with Gasteiger partial charge in [-0.25, -0.2) is 4.79 Å². The summed E-state index contributed by atoms with van der Waals surface area (Å²) in [6.07, 6.45) is -4.76. The van der Waals surface area contributed by atoms with Gasteiger partial charge in [-0.3, -0.25) is 10.1 Å². The molecule has 3 aromatic rings. The topological polar surface area (TPSA) is 149 Å². The first kappa shape index (κ1) is 26.7. The Hall–Kier alpha value is -3.32. The van der Waals surface area contributed by atoms with E-state index in [0.717, 1.165) is 17.3 Å². The minimum Gasteiger partial charge on any atom is -0.423 e. The largest absolute Gasteiger partial charge is 0.423 e. The second kappa shape index (κ2) is 12.3. The van der Waals surface area contributed by atoms with E-state index in [1.165, 1.54) is 24.3 Å². The van der Waals surface area contributed by atoms with E-state index in [-0.39, 0.29) is 23.6 Å². The van der Waals surface area contributed by atoms with E-state index in [1.54, 1.807) is 24.3 Å². The summed E-state index contributed by atoms with van der Waals surface area (Å²) < 4.78 is 17.2. The Kier molecular flexibility index (Phi) is 8.87. The van der Waals surface area contributed by atoms with Gasteiger partial charge in [-0.2, -0.15) is 0 Å². The number of rotatable bonds is 9. The number of carbonyl (C=O) groups excluding carboxylic acids is 1. The number of carbonyl (C=O) groups is 1. The summed E-state index contributed by atoms with van der Waals surface area (Å²) >= 11 is 1.08. The second-order valence-corrected chi connectivity index (χ2v) is 9.36. The molecule has 194 valence electrons. The molecule has 11 heteroatoms. The number of nitro groups is 1. The van der Waals surface area contributed by atoms with Crippen LogP contribution in [-0.4, -0.2) is 62.7 Å². The Morgan fingerprint density at radius 2 is 1.65 bits per heavy atom. The summed E-state index contributed by atoms with van der Waals surface area (Å²) in [6, 6.07) is 21.0. The molecule has 1 heterocycles. The van der Waals surface area contributed by atoms with Gasteiger partial charge in [-0.15, -0.1) is 0 Å². The number of esters is 1. The molecule has 0 saturated carbocycles. The molecule has 0 aliphatic carbocycles. The minimum absolute atomic E-state index is 0.132. The van der Waals surface area contributed by atoms with Crippen molar-refractivity contribution in [3.05, 3.63) is 100 Å². The van der Waals surface area contributed by atoms with E-state index >= 15 is 0 Å². The van der Waals surface area contributed by atoms with Gasteiger partial charge in [0, 0.05) is 17.0 Å². The minimum atomic E-state index is -1.37. The number of nitro benzene ring substituents is 1. The highest BCUT2D eigenvalue weighted by Gasteiger charge is 2.45. The average molecular weight is 528 g/mol. The first-order chi connectivity index (χ1) is 17.9. The zero-order valence-corrected chi connectivity index (χ0v) is 20.3. The maximum atomic E-state index is 13.0. The number of benzene rings is 3. The van der Waals surface area contributed by atoms with E-state index in [9.17, 15) is 30.2 Å². The molecular weight excluding hydrogens is 502 g/mol. The molecule has 5 atom stereocenters. The maximum absolute atomic E-state index is 13.0. The van der Waals surface area contributed by atoms with Crippen molar-refractivity contribution in [2.45, 2.75) is 41.4 Å². The highest BCUT2D eigenvalue weighted by atomic mass is 32.2. The summed E-state index contributed by atoms with van der Waals surface area (Å²) in [5.74, 6) is -0.568. The molecule has 1 aliphatic rings. The summed E-state index contributed by atoms with van der Waals surface area (Å²) in [6.45, 7) is -0.381. The van der Waals surface area contributed by atoms with Crippen LogP contribution in [0.3, 0.4) is 0 Å². The Morgan fingerprint density at radius 1 is 0.973 bits per heavy atom. The van der Waals surface area contributed by atoms with Crippen LogP contribution in [0.2, 0.25) is 0 Å². The predicted molar refractivity (Wildman–Crippen MR) is 133 cm³/mol. The Bertz CT molecular complexity index is 1210. The number of hydrogen-bond donors (Lipinski definition) is 3.